The number of benzene rings is 1. The normalized spacial score (nSPS) is 16.7. The second kappa shape index (κ2) is 5.91. The smallest absolute Gasteiger partial charge is 0.207 e. The fourth-order valence-electron chi connectivity index (χ4n) is 2.45. The molecule has 1 aliphatic carbocycles. The summed E-state index contributed by atoms with van der Waals surface area (Å²) in [6.45, 7) is -0.127. The summed E-state index contributed by atoms with van der Waals surface area (Å²) in [7, 11) is -3.70. The van der Waals surface area contributed by atoms with Crippen LogP contribution in [0.15, 0.2) is 29.2 Å². The van der Waals surface area contributed by atoms with Crippen LogP contribution < -0.4 is 0 Å². The maximum atomic E-state index is 12.6. The van der Waals surface area contributed by atoms with Gasteiger partial charge in [-0.25, -0.2) is 8.42 Å². The summed E-state index contributed by atoms with van der Waals surface area (Å²) in [5.41, 5.74) is 0. The summed E-state index contributed by atoms with van der Waals surface area (Å²) in [5.74, 6) is 0. The third kappa shape index (κ3) is 2.92. The Balaban J connectivity index is 2.40. The van der Waals surface area contributed by atoms with E-state index in [4.69, 9.17) is 16.9 Å². The average molecular weight is 299 g/mol. The third-order valence-electron chi connectivity index (χ3n) is 3.38. The van der Waals surface area contributed by atoms with Gasteiger partial charge in [0.15, 0.2) is 0 Å². The number of halogens is 1. The first-order chi connectivity index (χ1) is 9.07. The van der Waals surface area contributed by atoms with Crippen LogP contribution in [0.5, 0.6) is 0 Å². The molecule has 1 saturated carbocycles. The van der Waals surface area contributed by atoms with Gasteiger partial charge >= 0.3 is 0 Å². The van der Waals surface area contributed by atoms with E-state index < -0.39 is 10.0 Å². The maximum Gasteiger partial charge on any atom is 0.245 e. The van der Waals surface area contributed by atoms with Crippen molar-refractivity contribution in [3.63, 3.8) is 0 Å². The molecule has 0 amide bonds. The van der Waals surface area contributed by atoms with Gasteiger partial charge in [0.1, 0.15) is 11.4 Å². The van der Waals surface area contributed by atoms with Gasteiger partial charge in [-0.05, 0) is 25.0 Å². The monoisotopic (exact) mass is 298 g/mol. The lowest BCUT2D eigenvalue weighted by Gasteiger charge is -2.25. The molecule has 19 heavy (non-hydrogen) atoms. The lowest BCUT2D eigenvalue weighted by Crippen LogP contribution is -2.39. The minimum atomic E-state index is -3.70. The first kappa shape index (κ1) is 14.3. The zero-order valence-electron chi connectivity index (χ0n) is 10.4. The highest BCUT2D eigenvalue weighted by molar-refractivity contribution is 7.89. The molecule has 1 aromatic rings. The molecule has 0 radical (unpaired) electrons. The maximum absolute atomic E-state index is 12.6. The van der Waals surface area contributed by atoms with Gasteiger partial charge in [0, 0.05) is 6.04 Å². The van der Waals surface area contributed by atoms with Crippen molar-refractivity contribution in [2.75, 3.05) is 6.54 Å². The van der Waals surface area contributed by atoms with Gasteiger partial charge < -0.3 is 0 Å². The van der Waals surface area contributed by atoms with Crippen LogP contribution in [0.2, 0.25) is 5.02 Å². The fraction of sp³-hybridized carbons (Fsp3) is 0.462. The molecular formula is C13H15ClN2O2S. The number of rotatable bonds is 4. The highest BCUT2D eigenvalue weighted by atomic mass is 35.5. The first-order valence-electron chi connectivity index (χ1n) is 6.20. The number of sulfonamides is 1. The molecular weight excluding hydrogens is 284 g/mol. The first-order valence-corrected chi connectivity index (χ1v) is 8.02. The minimum absolute atomic E-state index is 0.0822. The predicted octanol–water partition coefficient (Wildman–Crippen LogP) is 2.80. The van der Waals surface area contributed by atoms with Gasteiger partial charge in [-0.1, -0.05) is 36.6 Å². The molecule has 4 nitrogen and oxygen atoms in total. The summed E-state index contributed by atoms with van der Waals surface area (Å²) in [6, 6.07) is 8.22. The highest BCUT2D eigenvalue weighted by Crippen LogP contribution is 2.30. The molecule has 6 heteroatoms. The number of hydrogen-bond acceptors (Lipinski definition) is 3. The Morgan fingerprint density at radius 1 is 1.32 bits per heavy atom. The van der Waals surface area contributed by atoms with Gasteiger partial charge in [0.2, 0.25) is 10.0 Å². The van der Waals surface area contributed by atoms with Crippen LogP contribution in [0.1, 0.15) is 25.7 Å². The van der Waals surface area contributed by atoms with Crippen molar-refractivity contribution in [2.24, 2.45) is 0 Å². The lowest BCUT2D eigenvalue weighted by molar-refractivity contribution is 0.350. The standard InChI is InChI=1S/C13H15ClN2O2S/c14-12-7-3-4-8-13(12)19(17,18)16(10-9-15)11-5-1-2-6-11/h3-4,7-8,11H,1-2,5-6,10H2. The number of nitrogens with zero attached hydrogens (tertiary/aromatic N) is 2. The Morgan fingerprint density at radius 3 is 2.53 bits per heavy atom. The van der Waals surface area contributed by atoms with E-state index in [1.165, 1.54) is 10.4 Å². The second-order valence-corrected chi connectivity index (χ2v) is 6.84. The van der Waals surface area contributed by atoms with Gasteiger partial charge in [-0.3, -0.25) is 0 Å². The molecule has 102 valence electrons. The van der Waals surface area contributed by atoms with E-state index in [1.807, 2.05) is 6.07 Å². The topological polar surface area (TPSA) is 61.2 Å². The summed E-state index contributed by atoms with van der Waals surface area (Å²) in [5, 5.41) is 9.09. The Bertz CT molecular complexity index is 589. The Morgan fingerprint density at radius 2 is 1.95 bits per heavy atom. The van der Waals surface area contributed by atoms with Crippen molar-refractivity contribution in [1.29, 1.82) is 5.26 Å². The zero-order chi connectivity index (χ0) is 13.9. The number of nitriles is 1. The van der Waals surface area contributed by atoms with E-state index in [0.29, 0.717) is 0 Å². The SMILES string of the molecule is N#CCN(C1CCCC1)S(=O)(=O)c1ccccc1Cl. The molecule has 0 saturated heterocycles. The lowest BCUT2D eigenvalue weighted by atomic mass is 10.2. The van der Waals surface area contributed by atoms with Crippen molar-refractivity contribution in [1.82, 2.24) is 4.31 Å². The molecule has 1 aromatic carbocycles. The fourth-order valence-corrected chi connectivity index (χ4v) is 4.53. The van der Waals surface area contributed by atoms with Crippen molar-refractivity contribution in [2.45, 2.75) is 36.6 Å². The second-order valence-electron chi connectivity index (χ2n) is 4.58. The molecule has 2 rings (SSSR count). The molecule has 0 aliphatic heterocycles. The summed E-state index contributed by atoms with van der Waals surface area (Å²) >= 11 is 5.97. The molecule has 0 bridgehead atoms. The molecule has 1 aliphatic rings. The van der Waals surface area contributed by atoms with Crippen LogP contribution in [0, 0.1) is 11.3 Å². The van der Waals surface area contributed by atoms with Crippen LogP contribution >= 0.6 is 11.6 Å². The summed E-state index contributed by atoms with van der Waals surface area (Å²) in [6.07, 6.45) is 3.63. The number of hydrogen-bond donors (Lipinski definition) is 0. The van der Waals surface area contributed by atoms with E-state index >= 15 is 0 Å². The van der Waals surface area contributed by atoms with Crippen LogP contribution in [0.4, 0.5) is 0 Å². The predicted molar refractivity (Wildman–Crippen MR) is 73.2 cm³/mol. The minimum Gasteiger partial charge on any atom is -0.207 e. The van der Waals surface area contributed by atoms with E-state index in [1.54, 1.807) is 18.2 Å². The molecule has 1 fully saturated rings. The Hall–Kier alpha value is -1.09. The summed E-state index contributed by atoms with van der Waals surface area (Å²) < 4.78 is 26.5. The van der Waals surface area contributed by atoms with Crippen LogP contribution in [-0.2, 0) is 10.0 Å². The van der Waals surface area contributed by atoms with Crippen molar-refractivity contribution < 1.29 is 8.42 Å². The Labute approximate surface area is 118 Å². The summed E-state index contributed by atoms with van der Waals surface area (Å²) in [4.78, 5) is 0.0822. The van der Waals surface area contributed by atoms with E-state index in [-0.39, 0.29) is 22.5 Å². The van der Waals surface area contributed by atoms with Gasteiger partial charge in [0.25, 0.3) is 0 Å². The molecule has 0 unspecified atom stereocenters. The van der Waals surface area contributed by atoms with Gasteiger partial charge in [-0.2, -0.15) is 9.57 Å². The van der Waals surface area contributed by atoms with Crippen LogP contribution in [0.3, 0.4) is 0 Å². The molecule has 0 spiro atoms. The van der Waals surface area contributed by atoms with Gasteiger partial charge in [-0.15, -0.1) is 0 Å². The van der Waals surface area contributed by atoms with E-state index in [0.717, 1.165) is 25.7 Å². The third-order valence-corrected chi connectivity index (χ3v) is 5.78. The van der Waals surface area contributed by atoms with Crippen LogP contribution in [-0.4, -0.2) is 25.3 Å². The molecule has 0 atom stereocenters. The van der Waals surface area contributed by atoms with Crippen LogP contribution in [0.25, 0.3) is 0 Å². The molecule has 0 heterocycles. The van der Waals surface area contributed by atoms with Crippen molar-refractivity contribution in [3.8, 4) is 6.07 Å². The van der Waals surface area contributed by atoms with E-state index in [9.17, 15) is 8.42 Å². The largest absolute Gasteiger partial charge is 0.245 e. The van der Waals surface area contributed by atoms with E-state index in [2.05, 4.69) is 0 Å². The Kier molecular flexibility index (Phi) is 4.46. The highest BCUT2D eigenvalue weighted by Gasteiger charge is 2.34. The zero-order valence-corrected chi connectivity index (χ0v) is 12.0. The average Bonchev–Trinajstić information content (AvgIpc) is 2.89. The van der Waals surface area contributed by atoms with Crippen molar-refractivity contribution >= 4 is 21.6 Å². The quantitative estimate of drug-likeness (QED) is 0.803. The molecule has 0 aromatic heterocycles. The molecule has 0 N–H and O–H groups in total. The van der Waals surface area contributed by atoms with Crippen molar-refractivity contribution in [3.05, 3.63) is 29.3 Å². The van der Waals surface area contributed by atoms with Gasteiger partial charge in [0.05, 0.1) is 11.1 Å².